The second-order valence-electron chi connectivity index (χ2n) is 5.24. The molecule has 1 fully saturated rings. The molecule has 1 saturated heterocycles. The standard InChI is InChI=1S/C12H26N2O2/c1-5-14-6-7-16-11(9-14)8-13(4)12(2,3)10-15/h11,15H,5-10H2,1-4H3. The number of aliphatic hydroxyl groups excluding tert-OH is 1. The Bertz CT molecular complexity index is 209. The summed E-state index contributed by atoms with van der Waals surface area (Å²) < 4.78 is 5.76. The molecule has 16 heavy (non-hydrogen) atoms. The first-order valence-corrected chi connectivity index (χ1v) is 6.15. The molecular formula is C12H26N2O2. The lowest BCUT2D eigenvalue weighted by molar-refractivity contribution is -0.0552. The highest BCUT2D eigenvalue weighted by Gasteiger charge is 2.27. The van der Waals surface area contributed by atoms with Crippen LogP contribution in [-0.4, -0.2) is 73.0 Å². The summed E-state index contributed by atoms with van der Waals surface area (Å²) in [5.41, 5.74) is -0.169. The average molecular weight is 230 g/mol. The minimum atomic E-state index is -0.169. The monoisotopic (exact) mass is 230 g/mol. The van der Waals surface area contributed by atoms with Crippen molar-refractivity contribution in [1.29, 1.82) is 0 Å². The summed E-state index contributed by atoms with van der Waals surface area (Å²) in [5.74, 6) is 0. The van der Waals surface area contributed by atoms with Gasteiger partial charge in [-0.1, -0.05) is 6.92 Å². The van der Waals surface area contributed by atoms with Crippen LogP contribution < -0.4 is 0 Å². The maximum absolute atomic E-state index is 9.30. The lowest BCUT2D eigenvalue weighted by Gasteiger charge is -2.39. The molecule has 0 bridgehead atoms. The highest BCUT2D eigenvalue weighted by Crippen LogP contribution is 2.14. The molecule has 4 heteroatoms. The number of aliphatic hydroxyl groups is 1. The molecule has 0 radical (unpaired) electrons. The molecule has 0 amide bonds. The van der Waals surface area contributed by atoms with Crippen LogP contribution in [0.2, 0.25) is 0 Å². The molecule has 0 aromatic carbocycles. The molecule has 96 valence electrons. The van der Waals surface area contributed by atoms with Crippen molar-refractivity contribution < 1.29 is 9.84 Å². The first kappa shape index (κ1) is 13.9. The van der Waals surface area contributed by atoms with Gasteiger partial charge in [-0.25, -0.2) is 0 Å². The van der Waals surface area contributed by atoms with Crippen molar-refractivity contribution in [1.82, 2.24) is 9.80 Å². The van der Waals surface area contributed by atoms with Crippen molar-refractivity contribution in [3.63, 3.8) is 0 Å². The number of nitrogens with zero attached hydrogens (tertiary/aromatic N) is 2. The summed E-state index contributed by atoms with van der Waals surface area (Å²) in [4.78, 5) is 4.59. The predicted molar refractivity (Wildman–Crippen MR) is 65.6 cm³/mol. The molecule has 1 N–H and O–H groups in total. The maximum atomic E-state index is 9.30. The molecule has 4 nitrogen and oxygen atoms in total. The molecule has 0 spiro atoms. The fraction of sp³-hybridized carbons (Fsp3) is 1.00. The second kappa shape index (κ2) is 5.96. The smallest absolute Gasteiger partial charge is 0.0829 e. The van der Waals surface area contributed by atoms with Crippen molar-refractivity contribution in [2.75, 3.05) is 46.4 Å². The van der Waals surface area contributed by atoms with Crippen LogP contribution in [-0.2, 0) is 4.74 Å². The largest absolute Gasteiger partial charge is 0.394 e. The number of hydrogen-bond donors (Lipinski definition) is 1. The minimum Gasteiger partial charge on any atom is -0.394 e. The fourth-order valence-electron chi connectivity index (χ4n) is 1.85. The Balaban J connectivity index is 2.41. The average Bonchev–Trinajstić information content (AvgIpc) is 2.29. The Morgan fingerprint density at radius 3 is 2.75 bits per heavy atom. The van der Waals surface area contributed by atoms with Gasteiger partial charge in [-0.05, 0) is 27.4 Å². The molecule has 0 aromatic rings. The summed E-state index contributed by atoms with van der Waals surface area (Å²) >= 11 is 0. The van der Waals surface area contributed by atoms with E-state index in [1.165, 1.54) is 0 Å². The molecule has 1 rings (SSSR count). The molecular weight excluding hydrogens is 204 g/mol. The van der Waals surface area contributed by atoms with Crippen molar-refractivity contribution in [2.45, 2.75) is 32.4 Å². The normalized spacial score (nSPS) is 24.0. The molecule has 1 aliphatic rings. The van der Waals surface area contributed by atoms with E-state index >= 15 is 0 Å². The van der Waals surface area contributed by atoms with Crippen LogP contribution in [0.25, 0.3) is 0 Å². The van der Waals surface area contributed by atoms with Crippen LogP contribution in [0.4, 0.5) is 0 Å². The third kappa shape index (κ3) is 3.70. The Labute approximate surface area is 99.2 Å². The van der Waals surface area contributed by atoms with Gasteiger partial charge in [0.1, 0.15) is 0 Å². The van der Waals surface area contributed by atoms with Crippen LogP contribution in [0.15, 0.2) is 0 Å². The summed E-state index contributed by atoms with van der Waals surface area (Å²) in [6.07, 6.45) is 0.268. The number of rotatable bonds is 5. The van der Waals surface area contributed by atoms with Crippen molar-refractivity contribution in [3.8, 4) is 0 Å². The van der Waals surface area contributed by atoms with E-state index in [0.717, 1.165) is 32.8 Å². The molecule has 1 heterocycles. The number of hydrogen-bond acceptors (Lipinski definition) is 4. The topological polar surface area (TPSA) is 35.9 Å². The Hall–Kier alpha value is -0.160. The fourth-order valence-corrected chi connectivity index (χ4v) is 1.85. The number of morpholine rings is 1. The molecule has 1 aliphatic heterocycles. The van der Waals surface area contributed by atoms with E-state index < -0.39 is 0 Å². The second-order valence-corrected chi connectivity index (χ2v) is 5.24. The Morgan fingerprint density at radius 1 is 1.50 bits per heavy atom. The van der Waals surface area contributed by atoms with E-state index in [-0.39, 0.29) is 18.2 Å². The third-order valence-electron chi connectivity index (χ3n) is 3.57. The number of likely N-dealkylation sites (N-methyl/N-ethyl adjacent to an activating group) is 2. The molecule has 0 saturated carbocycles. The zero-order valence-corrected chi connectivity index (χ0v) is 11.1. The van der Waals surface area contributed by atoms with Gasteiger partial charge in [0.05, 0.1) is 19.3 Å². The lowest BCUT2D eigenvalue weighted by atomic mass is 10.0. The summed E-state index contributed by atoms with van der Waals surface area (Å²) in [6, 6.07) is 0. The summed E-state index contributed by atoms with van der Waals surface area (Å²) in [7, 11) is 2.05. The van der Waals surface area contributed by atoms with E-state index in [0.29, 0.717) is 0 Å². The van der Waals surface area contributed by atoms with Crippen LogP contribution in [0.3, 0.4) is 0 Å². The van der Waals surface area contributed by atoms with Crippen LogP contribution in [0.5, 0.6) is 0 Å². The van der Waals surface area contributed by atoms with E-state index in [4.69, 9.17) is 4.74 Å². The zero-order valence-electron chi connectivity index (χ0n) is 11.1. The van der Waals surface area contributed by atoms with Gasteiger partial charge < -0.3 is 9.84 Å². The zero-order chi connectivity index (χ0) is 12.2. The Morgan fingerprint density at radius 2 is 2.19 bits per heavy atom. The van der Waals surface area contributed by atoms with Crippen molar-refractivity contribution in [2.24, 2.45) is 0 Å². The first-order chi connectivity index (χ1) is 7.49. The molecule has 1 unspecified atom stereocenters. The van der Waals surface area contributed by atoms with Crippen LogP contribution in [0, 0.1) is 0 Å². The van der Waals surface area contributed by atoms with Gasteiger partial charge in [0.2, 0.25) is 0 Å². The van der Waals surface area contributed by atoms with Gasteiger partial charge in [0.25, 0.3) is 0 Å². The van der Waals surface area contributed by atoms with Gasteiger partial charge in [-0.15, -0.1) is 0 Å². The quantitative estimate of drug-likeness (QED) is 0.742. The van der Waals surface area contributed by atoms with Gasteiger partial charge in [-0.2, -0.15) is 0 Å². The predicted octanol–water partition coefficient (Wildman–Crippen LogP) is 0.410. The van der Waals surface area contributed by atoms with E-state index in [1.54, 1.807) is 0 Å². The van der Waals surface area contributed by atoms with Gasteiger partial charge in [-0.3, -0.25) is 9.80 Å². The lowest BCUT2D eigenvalue weighted by Crippen LogP contribution is -2.52. The first-order valence-electron chi connectivity index (χ1n) is 6.15. The molecule has 0 aromatic heterocycles. The van der Waals surface area contributed by atoms with Gasteiger partial charge in [0, 0.05) is 25.2 Å². The van der Waals surface area contributed by atoms with E-state index in [2.05, 4.69) is 16.7 Å². The highest BCUT2D eigenvalue weighted by atomic mass is 16.5. The maximum Gasteiger partial charge on any atom is 0.0829 e. The van der Waals surface area contributed by atoms with E-state index in [9.17, 15) is 5.11 Å². The van der Waals surface area contributed by atoms with E-state index in [1.807, 2.05) is 20.9 Å². The van der Waals surface area contributed by atoms with Gasteiger partial charge in [0.15, 0.2) is 0 Å². The van der Waals surface area contributed by atoms with Crippen LogP contribution in [0.1, 0.15) is 20.8 Å². The Kier molecular flexibility index (Phi) is 5.18. The van der Waals surface area contributed by atoms with Gasteiger partial charge >= 0.3 is 0 Å². The molecule has 1 atom stereocenters. The third-order valence-corrected chi connectivity index (χ3v) is 3.57. The SMILES string of the molecule is CCN1CCOC(CN(C)C(C)(C)CO)C1. The summed E-state index contributed by atoms with van der Waals surface area (Å²) in [5, 5.41) is 9.30. The van der Waals surface area contributed by atoms with Crippen molar-refractivity contribution in [3.05, 3.63) is 0 Å². The minimum absolute atomic E-state index is 0.169. The highest BCUT2D eigenvalue weighted by molar-refractivity contribution is 4.82. The number of ether oxygens (including phenoxy) is 1. The summed E-state index contributed by atoms with van der Waals surface area (Å²) in [6.45, 7) is 11.3. The van der Waals surface area contributed by atoms with Crippen molar-refractivity contribution >= 4 is 0 Å². The molecule has 0 aliphatic carbocycles. The van der Waals surface area contributed by atoms with Crippen LogP contribution >= 0.6 is 0 Å².